The van der Waals surface area contributed by atoms with Crippen molar-refractivity contribution in [2.24, 2.45) is 5.92 Å². The number of likely N-dealkylation sites (N-methyl/N-ethyl adjacent to an activating group) is 1. The van der Waals surface area contributed by atoms with Gasteiger partial charge in [-0.3, -0.25) is 14.4 Å². The lowest BCUT2D eigenvalue weighted by atomic mass is 9.99. The Bertz CT molecular complexity index is 747. The molecule has 6 nitrogen and oxygen atoms in total. The number of ether oxygens (including phenoxy) is 1. The van der Waals surface area contributed by atoms with Gasteiger partial charge in [-0.05, 0) is 30.4 Å². The van der Waals surface area contributed by atoms with Gasteiger partial charge in [0.2, 0.25) is 5.91 Å². The van der Waals surface area contributed by atoms with Gasteiger partial charge < -0.3 is 15.0 Å². The van der Waals surface area contributed by atoms with Gasteiger partial charge in [0.05, 0.1) is 23.9 Å². The average molecular weight is 388 g/mol. The smallest absolute Gasteiger partial charge is 0.311 e. The molecule has 1 atom stereocenters. The molecule has 0 aliphatic heterocycles. The van der Waals surface area contributed by atoms with Crippen LogP contribution in [0.4, 0.5) is 0 Å². The van der Waals surface area contributed by atoms with Gasteiger partial charge in [0.1, 0.15) is 0 Å². The third-order valence-electron chi connectivity index (χ3n) is 3.95. The zero-order valence-electron chi connectivity index (χ0n) is 15.5. The van der Waals surface area contributed by atoms with Crippen molar-refractivity contribution in [1.29, 1.82) is 0 Å². The molecule has 1 unspecified atom stereocenters. The number of benzene rings is 1. The monoisotopic (exact) mass is 388 g/mol. The van der Waals surface area contributed by atoms with Crippen molar-refractivity contribution in [2.75, 3.05) is 26.7 Å². The number of amides is 2. The van der Waals surface area contributed by atoms with E-state index in [1.165, 1.54) is 16.2 Å². The summed E-state index contributed by atoms with van der Waals surface area (Å²) in [5.74, 6) is -1.34. The van der Waals surface area contributed by atoms with Crippen molar-refractivity contribution in [3.8, 4) is 0 Å². The number of thiophene rings is 1. The predicted molar refractivity (Wildman–Crippen MR) is 105 cm³/mol. The molecule has 0 aliphatic carbocycles. The number of carbonyl (C=O) groups is 3. The maximum absolute atomic E-state index is 12.2. The van der Waals surface area contributed by atoms with Gasteiger partial charge in [-0.15, -0.1) is 11.3 Å². The molecule has 2 rings (SSSR count). The molecular formula is C20H24N2O4S. The Labute approximate surface area is 163 Å². The molecule has 2 aromatic rings. The summed E-state index contributed by atoms with van der Waals surface area (Å²) in [6.07, 6.45) is 0.476. The molecule has 7 heteroatoms. The average Bonchev–Trinajstić information content (AvgIpc) is 3.20. The second-order valence-electron chi connectivity index (χ2n) is 6.08. The predicted octanol–water partition coefficient (Wildman–Crippen LogP) is 2.36. The SMILES string of the molecule is CCOC(=O)C(CNC(=O)CN(C)C(=O)c1cccs1)Cc1ccccc1. The second-order valence-corrected chi connectivity index (χ2v) is 7.03. The van der Waals surface area contributed by atoms with Crippen LogP contribution in [0.15, 0.2) is 47.8 Å². The van der Waals surface area contributed by atoms with E-state index in [2.05, 4.69) is 5.32 Å². The Balaban J connectivity index is 1.89. The van der Waals surface area contributed by atoms with Crippen molar-refractivity contribution in [1.82, 2.24) is 10.2 Å². The van der Waals surface area contributed by atoms with Gasteiger partial charge in [-0.1, -0.05) is 36.4 Å². The lowest BCUT2D eigenvalue weighted by Gasteiger charge is -2.19. The number of hydrogen-bond donors (Lipinski definition) is 1. The molecule has 0 saturated heterocycles. The van der Waals surface area contributed by atoms with Gasteiger partial charge in [0, 0.05) is 13.6 Å². The van der Waals surface area contributed by atoms with Gasteiger partial charge in [0.15, 0.2) is 0 Å². The summed E-state index contributed by atoms with van der Waals surface area (Å²) in [7, 11) is 1.58. The van der Waals surface area contributed by atoms with E-state index in [1.807, 2.05) is 35.7 Å². The Morgan fingerprint density at radius 2 is 1.89 bits per heavy atom. The molecule has 1 aromatic carbocycles. The fourth-order valence-electron chi connectivity index (χ4n) is 2.57. The zero-order valence-corrected chi connectivity index (χ0v) is 16.3. The van der Waals surface area contributed by atoms with Gasteiger partial charge in [0.25, 0.3) is 5.91 Å². The molecule has 0 bridgehead atoms. The van der Waals surface area contributed by atoms with E-state index in [4.69, 9.17) is 4.74 Å². The van der Waals surface area contributed by atoms with E-state index in [0.29, 0.717) is 11.3 Å². The first-order valence-electron chi connectivity index (χ1n) is 8.77. The molecule has 1 heterocycles. The van der Waals surface area contributed by atoms with Gasteiger partial charge in [-0.2, -0.15) is 0 Å². The molecule has 1 N–H and O–H groups in total. The van der Waals surface area contributed by atoms with Crippen LogP contribution >= 0.6 is 11.3 Å². The fraction of sp³-hybridized carbons (Fsp3) is 0.350. The van der Waals surface area contributed by atoms with E-state index in [0.717, 1.165) is 5.56 Å². The Morgan fingerprint density at radius 3 is 2.52 bits per heavy atom. The van der Waals surface area contributed by atoms with Crippen molar-refractivity contribution < 1.29 is 19.1 Å². The summed E-state index contributed by atoms with van der Waals surface area (Å²) in [4.78, 5) is 38.6. The van der Waals surface area contributed by atoms with Gasteiger partial charge in [-0.25, -0.2) is 0 Å². The van der Waals surface area contributed by atoms with Crippen LogP contribution in [0.25, 0.3) is 0 Å². The quantitative estimate of drug-likeness (QED) is 0.669. The van der Waals surface area contributed by atoms with Crippen molar-refractivity contribution in [2.45, 2.75) is 13.3 Å². The Kier molecular flexibility index (Phi) is 8.00. The summed E-state index contributed by atoms with van der Waals surface area (Å²) in [6.45, 7) is 2.13. The van der Waals surface area contributed by atoms with Crippen LogP contribution < -0.4 is 5.32 Å². The summed E-state index contributed by atoms with van der Waals surface area (Å²) >= 11 is 1.33. The molecule has 27 heavy (non-hydrogen) atoms. The molecule has 0 fully saturated rings. The lowest BCUT2D eigenvalue weighted by molar-refractivity contribution is -0.147. The molecule has 0 spiro atoms. The van der Waals surface area contributed by atoms with Crippen LogP contribution in [0.5, 0.6) is 0 Å². The van der Waals surface area contributed by atoms with Gasteiger partial charge >= 0.3 is 5.97 Å². The second kappa shape index (κ2) is 10.5. The first-order chi connectivity index (χ1) is 13.0. The van der Waals surface area contributed by atoms with E-state index >= 15 is 0 Å². The molecule has 0 aliphatic rings. The summed E-state index contributed by atoms with van der Waals surface area (Å²) in [6, 6.07) is 13.1. The highest BCUT2D eigenvalue weighted by molar-refractivity contribution is 7.12. The molecule has 0 saturated carbocycles. The van der Waals surface area contributed by atoms with Crippen LogP contribution in [0.1, 0.15) is 22.2 Å². The number of nitrogens with zero attached hydrogens (tertiary/aromatic N) is 1. The maximum Gasteiger partial charge on any atom is 0.311 e. The largest absolute Gasteiger partial charge is 0.466 e. The van der Waals surface area contributed by atoms with E-state index in [1.54, 1.807) is 26.1 Å². The summed E-state index contributed by atoms with van der Waals surface area (Å²) in [5, 5.41) is 4.56. The number of esters is 1. The highest BCUT2D eigenvalue weighted by Gasteiger charge is 2.22. The number of carbonyl (C=O) groups excluding carboxylic acids is 3. The highest BCUT2D eigenvalue weighted by atomic mass is 32.1. The fourth-order valence-corrected chi connectivity index (χ4v) is 3.28. The third kappa shape index (κ3) is 6.53. The topological polar surface area (TPSA) is 75.7 Å². The minimum Gasteiger partial charge on any atom is -0.466 e. The minimum atomic E-state index is -0.477. The summed E-state index contributed by atoms with van der Waals surface area (Å²) < 4.78 is 5.12. The molecule has 0 radical (unpaired) electrons. The standard InChI is InChI=1S/C20H24N2O4S/c1-3-26-20(25)16(12-15-8-5-4-6-9-15)13-21-18(23)14-22(2)19(24)17-10-7-11-27-17/h4-11,16H,3,12-14H2,1-2H3,(H,21,23). The Morgan fingerprint density at radius 1 is 1.15 bits per heavy atom. The molecule has 1 aromatic heterocycles. The van der Waals surface area contributed by atoms with Crippen molar-refractivity contribution in [3.05, 3.63) is 58.3 Å². The van der Waals surface area contributed by atoms with Crippen molar-refractivity contribution in [3.63, 3.8) is 0 Å². The minimum absolute atomic E-state index is 0.0718. The number of rotatable bonds is 9. The summed E-state index contributed by atoms with van der Waals surface area (Å²) in [5.41, 5.74) is 0.995. The molecular weight excluding hydrogens is 364 g/mol. The Hall–Kier alpha value is -2.67. The van der Waals surface area contributed by atoms with Crippen molar-refractivity contribution >= 4 is 29.1 Å². The number of nitrogens with one attached hydrogen (secondary N) is 1. The molecule has 2 amide bonds. The van der Waals surface area contributed by atoms with Crippen LogP contribution in [0, 0.1) is 5.92 Å². The van der Waals surface area contributed by atoms with Crippen LogP contribution in [0.3, 0.4) is 0 Å². The first kappa shape index (κ1) is 20.6. The van der Waals surface area contributed by atoms with Crippen LogP contribution in [-0.4, -0.2) is 49.4 Å². The highest BCUT2D eigenvalue weighted by Crippen LogP contribution is 2.12. The van der Waals surface area contributed by atoms with Crippen LogP contribution in [-0.2, 0) is 20.7 Å². The van der Waals surface area contributed by atoms with Crippen LogP contribution in [0.2, 0.25) is 0 Å². The van der Waals surface area contributed by atoms with E-state index < -0.39 is 5.92 Å². The zero-order chi connectivity index (χ0) is 19.6. The first-order valence-corrected chi connectivity index (χ1v) is 9.65. The molecule has 144 valence electrons. The normalized spacial score (nSPS) is 11.5. The maximum atomic E-state index is 12.2. The lowest BCUT2D eigenvalue weighted by Crippen LogP contribution is -2.41. The third-order valence-corrected chi connectivity index (χ3v) is 4.81. The van der Waals surface area contributed by atoms with E-state index in [-0.39, 0.29) is 37.5 Å². The number of hydrogen-bond acceptors (Lipinski definition) is 5. The van der Waals surface area contributed by atoms with E-state index in [9.17, 15) is 14.4 Å².